The zero-order valence-corrected chi connectivity index (χ0v) is 39.9. The summed E-state index contributed by atoms with van der Waals surface area (Å²) in [6.07, 6.45) is 0. The predicted octanol–water partition coefficient (Wildman–Crippen LogP) is 18.1. The van der Waals surface area contributed by atoms with Crippen molar-refractivity contribution in [3.8, 4) is 66.8 Å². The standard InChI is InChI=1S/C68H53N/c1-66(2)58-28-14-11-23-52(58)54-42-37-46(43-62(54)66)44-33-38-48(39-34-44)69(63-32-18-31-61-64(63)57-25-13-16-30-60(57)68(61,5)47-19-7-6-8-20-47)49-40-35-45(36-41-49)50-21-9-10-22-51(50)55-26-17-27-56-53-24-12-15-29-59(53)67(3,4)65(55)56/h6-43H,1-5H3. The highest BCUT2D eigenvalue weighted by atomic mass is 15.1. The van der Waals surface area contributed by atoms with Gasteiger partial charge in [0.1, 0.15) is 0 Å². The van der Waals surface area contributed by atoms with Crippen molar-refractivity contribution in [2.24, 2.45) is 0 Å². The molecule has 0 N–H and O–H groups in total. The van der Waals surface area contributed by atoms with Crippen LogP contribution in [0.4, 0.5) is 17.1 Å². The Kier molecular flexibility index (Phi) is 9.11. The van der Waals surface area contributed by atoms with E-state index in [1.807, 2.05) is 0 Å². The van der Waals surface area contributed by atoms with E-state index in [9.17, 15) is 0 Å². The molecule has 0 spiro atoms. The van der Waals surface area contributed by atoms with Crippen LogP contribution >= 0.6 is 0 Å². The molecule has 0 aliphatic heterocycles. The van der Waals surface area contributed by atoms with Crippen molar-refractivity contribution < 1.29 is 0 Å². The SMILES string of the molecule is CC1(C)c2ccccc2-c2ccc(-c3ccc(N(c4ccc(-c5ccccc5-c5cccc6c5C(C)(C)c5ccccc5-6)cc4)c4cccc5c4-c4ccccc4C5(C)c4ccccc4)cc3)cc21. The number of rotatable bonds is 7. The summed E-state index contributed by atoms with van der Waals surface area (Å²) in [6, 6.07) is 86.3. The summed E-state index contributed by atoms with van der Waals surface area (Å²) in [7, 11) is 0. The minimum Gasteiger partial charge on any atom is -0.310 e. The second-order valence-electron chi connectivity index (χ2n) is 20.5. The Balaban J connectivity index is 0.946. The molecule has 10 aromatic carbocycles. The Bertz CT molecular complexity index is 3670. The van der Waals surface area contributed by atoms with Gasteiger partial charge in [-0.1, -0.05) is 222 Å². The molecule has 0 aromatic heterocycles. The molecule has 1 unspecified atom stereocenters. The summed E-state index contributed by atoms with van der Waals surface area (Å²) in [5, 5.41) is 0. The molecule has 69 heavy (non-hydrogen) atoms. The first-order chi connectivity index (χ1) is 33.6. The van der Waals surface area contributed by atoms with E-state index in [4.69, 9.17) is 0 Å². The third-order valence-corrected chi connectivity index (χ3v) is 16.2. The van der Waals surface area contributed by atoms with Gasteiger partial charge in [0, 0.05) is 33.2 Å². The minimum atomic E-state index is -0.319. The molecule has 13 rings (SSSR count). The average molecular weight is 884 g/mol. The number of benzene rings is 10. The predicted molar refractivity (Wildman–Crippen MR) is 290 cm³/mol. The number of hydrogen-bond donors (Lipinski definition) is 0. The molecule has 1 heteroatoms. The van der Waals surface area contributed by atoms with Gasteiger partial charge in [-0.05, 0) is 143 Å². The molecule has 10 aromatic rings. The van der Waals surface area contributed by atoms with Crippen LogP contribution in [0.1, 0.15) is 73.6 Å². The number of fused-ring (bicyclic) bond motifs is 9. The van der Waals surface area contributed by atoms with Gasteiger partial charge in [-0.25, -0.2) is 0 Å². The van der Waals surface area contributed by atoms with E-state index in [-0.39, 0.29) is 16.2 Å². The monoisotopic (exact) mass is 883 g/mol. The van der Waals surface area contributed by atoms with Crippen LogP contribution in [0.15, 0.2) is 231 Å². The van der Waals surface area contributed by atoms with Gasteiger partial charge >= 0.3 is 0 Å². The largest absolute Gasteiger partial charge is 0.310 e. The van der Waals surface area contributed by atoms with Crippen molar-refractivity contribution in [3.63, 3.8) is 0 Å². The molecule has 0 saturated carbocycles. The lowest BCUT2D eigenvalue weighted by Crippen LogP contribution is -2.22. The van der Waals surface area contributed by atoms with Crippen LogP contribution in [0, 0.1) is 0 Å². The lowest BCUT2D eigenvalue weighted by Gasteiger charge is -2.30. The van der Waals surface area contributed by atoms with Gasteiger partial charge in [0.2, 0.25) is 0 Å². The van der Waals surface area contributed by atoms with E-state index < -0.39 is 0 Å². The van der Waals surface area contributed by atoms with Crippen molar-refractivity contribution in [3.05, 3.63) is 269 Å². The highest BCUT2D eigenvalue weighted by Crippen LogP contribution is 2.58. The first-order valence-electron chi connectivity index (χ1n) is 24.5. The smallest absolute Gasteiger partial charge is 0.0543 e. The fourth-order valence-corrected chi connectivity index (χ4v) is 12.7. The molecule has 3 aliphatic rings. The fraction of sp³-hybridized carbons (Fsp3) is 0.118. The second-order valence-corrected chi connectivity index (χ2v) is 20.5. The molecule has 330 valence electrons. The van der Waals surface area contributed by atoms with E-state index in [0.29, 0.717) is 0 Å². The highest BCUT2D eigenvalue weighted by Gasteiger charge is 2.43. The number of hydrogen-bond acceptors (Lipinski definition) is 1. The molecular formula is C68H53N. The van der Waals surface area contributed by atoms with E-state index in [1.165, 1.54) is 111 Å². The third kappa shape index (κ3) is 6.03. The van der Waals surface area contributed by atoms with E-state index >= 15 is 0 Å². The van der Waals surface area contributed by atoms with E-state index in [2.05, 4.69) is 270 Å². The quantitative estimate of drug-likeness (QED) is 0.154. The summed E-state index contributed by atoms with van der Waals surface area (Å²) < 4.78 is 0. The minimum absolute atomic E-state index is 0.0623. The molecule has 0 fully saturated rings. The van der Waals surface area contributed by atoms with Crippen molar-refractivity contribution in [1.82, 2.24) is 0 Å². The van der Waals surface area contributed by atoms with Crippen LogP contribution in [0.3, 0.4) is 0 Å². The van der Waals surface area contributed by atoms with Gasteiger partial charge in [-0.3, -0.25) is 0 Å². The Labute approximate surface area is 407 Å². The molecule has 0 radical (unpaired) electrons. The third-order valence-electron chi connectivity index (χ3n) is 16.2. The zero-order valence-electron chi connectivity index (χ0n) is 39.9. The topological polar surface area (TPSA) is 3.24 Å². The molecular weight excluding hydrogens is 831 g/mol. The summed E-state index contributed by atoms with van der Waals surface area (Å²) >= 11 is 0. The molecule has 0 heterocycles. The van der Waals surface area contributed by atoms with Gasteiger partial charge in [-0.2, -0.15) is 0 Å². The summed E-state index contributed by atoms with van der Waals surface area (Å²) in [6.45, 7) is 11.9. The van der Waals surface area contributed by atoms with Gasteiger partial charge in [0.25, 0.3) is 0 Å². The summed E-state index contributed by atoms with van der Waals surface area (Å²) in [5.41, 5.74) is 27.8. The highest BCUT2D eigenvalue weighted by molar-refractivity contribution is 5.97. The number of nitrogens with zero attached hydrogens (tertiary/aromatic N) is 1. The fourth-order valence-electron chi connectivity index (χ4n) is 12.7. The maximum absolute atomic E-state index is 2.48. The zero-order chi connectivity index (χ0) is 46.6. The summed E-state index contributed by atoms with van der Waals surface area (Å²) in [4.78, 5) is 2.48. The molecule has 0 bridgehead atoms. The van der Waals surface area contributed by atoms with Crippen LogP contribution in [0.5, 0.6) is 0 Å². The normalized spacial score (nSPS) is 16.2. The van der Waals surface area contributed by atoms with Crippen LogP contribution < -0.4 is 4.90 Å². The van der Waals surface area contributed by atoms with Gasteiger partial charge in [0.05, 0.1) is 5.69 Å². The van der Waals surface area contributed by atoms with Gasteiger partial charge in [-0.15, -0.1) is 0 Å². The molecule has 0 saturated heterocycles. The number of anilines is 3. The maximum Gasteiger partial charge on any atom is 0.0543 e. The Morgan fingerprint density at radius 2 is 0.754 bits per heavy atom. The van der Waals surface area contributed by atoms with Crippen LogP contribution in [-0.2, 0) is 16.2 Å². The molecule has 0 amide bonds. The van der Waals surface area contributed by atoms with Crippen molar-refractivity contribution in [1.29, 1.82) is 0 Å². The van der Waals surface area contributed by atoms with E-state index in [0.717, 1.165) is 11.4 Å². The van der Waals surface area contributed by atoms with Crippen LogP contribution in [0.2, 0.25) is 0 Å². The molecule has 1 nitrogen and oxygen atoms in total. The Hall–Kier alpha value is -8.00. The van der Waals surface area contributed by atoms with Crippen LogP contribution in [0.25, 0.3) is 66.8 Å². The maximum atomic E-state index is 2.48. The van der Waals surface area contributed by atoms with E-state index in [1.54, 1.807) is 0 Å². The lowest BCUT2D eigenvalue weighted by atomic mass is 9.74. The van der Waals surface area contributed by atoms with Gasteiger partial charge in [0.15, 0.2) is 0 Å². The first kappa shape index (κ1) is 41.2. The Morgan fingerprint density at radius 1 is 0.290 bits per heavy atom. The molecule has 3 aliphatic carbocycles. The lowest BCUT2D eigenvalue weighted by molar-refractivity contribution is 0.660. The summed E-state index contributed by atoms with van der Waals surface area (Å²) in [5.74, 6) is 0. The molecule has 1 atom stereocenters. The van der Waals surface area contributed by atoms with Crippen molar-refractivity contribution >= 4 is 17.1 Å². The van der Waals surface area contributed by atoms with Gasteiger partial charge < -0.3 is 4.90 Å². The van der Waals surface area contributed by atoms with Crippen molar-refractivity contribution in [2.45, 2.75) is 50.9 Å². The van der Waals surface area contributed by atoms with Crippen molar-refractivity contribution in [2.75, 3.05) is 4.90 Å². The Morgan fingerprint density at radius 3 is 1.43 bits per heavy atom. The first-order valence-corrected chi connectivity index (χ1v) is 24.5. The average Bonchev–Trinajstić information content (AvgIpc) is 3.91. The second kappa shape index (κ2) is 15.3. The van der Waals surface area contributed by atoms with Crippen LogP contribution in [-0.4, -0.2) is 0 Å².